The molecule has 2 aromatic rings. The molecule has 0 saturated carbocycles. The van der Waals surface area contributed by atoms with E-state index < -0.39 is 0 Å². The topological polar surface area (TPSA) is 54.3 Å². The number of nitrogens with zero attached hydrogens (tertiary/aromatic N) is 2. The number of halogens is 1. The number of pyridine rings is 1. The third kappa shape index (κ3) is 3.62. The lowest BCUT2D eigenvalue weighted by molar-refractivity contribution is 0.0933. The third-order valence-corrected chi connectivity index (χ3v) is 4.64. The maximum Gasteiger partial charge on any atom is 0.251 e. The Morgan fingerprint density at radius 2 is 2.08 bits per heavy atom. The number of piperidine rings is 1. The molecule has 1 aliphatic rings. The van der Waals surface area contributed by atoms with E-state index in [0.717, 1.165) is 30.1 Å². The highest BCUT2D eigenvalue weighted by Gasteiger charge is 2.23. The number of anilines is 1. The molecule has 0 aliphatic carbocycles. The first kappa shape index (κ1) is 16.6. The number of amides is 1. The number of para-hydroxylation sites is 1. The second-order valence-corrected chi connectivity index (χ2v) is 6.48. The van der Waals surface area contributed by atoms with Crippen LogP contribution in [0.5, 0.6) is 0 Å². The number of rotatable bonds is 3. The van der Waals surface area contributed by atoms with Gasteiger partial charge in [0.25, 0.3) is 11.5 Å². The molecular formula is C18H20ClN3O2. The van der Waals surface area contributed by atoms with Crippen LogP contribution in [0.2, 0.25) is 5.02 Å². The molecule has 0 bridgehead atoms. The van der Waals surface area contributed by atoms with Crippen molar-refractivity contribution >= 4 is 23.2 Å². The Morgan fingerprint density at radius 3 is 2.83 bits per heavy atom. The molecule has 1 atom stereocenters. The van der Waals surface area contributed by atoms with Crippen molar-refractivity contribution in [2.24, 2.45) is 7.05 Å². The fourth-order valence-electron chi connectivity index (χ4n) is 2.98. The highest BCUT2D eigenvalue weighted by Crippen LogP contribution is 2.27. The molecule has 1 amide bonds. The van der Waals surface area contributed by atoms with E-state index in [9.17, 15) is 9.59 Å². The molecule has 1 saturated heterocycles. The van der Waals surface area contributed by atoms with Gasteiger partial charge in [-0.25, -0.2) is 0 Å². The molecule has 3 rings (SSSR count). The summed E-state index contributed by atoms with van der Waals surface area (Å²) in [6.45, 7) is 1.63. The van der Waals surface area contributed by atoms with E-state index >= 15 is 0 Å². The van der Waals surface area contributed by atoms with Crippen molar-refractivity contribution in [2.45, 2.75) is 18.9 Å². The van der Waals surface area contributed by atoms with E-state index in [1.54, 1.807) is 19.3 Å². The summed E-state index contributed by atoms with van der Waals surface area (Å²) in [5.74, 6) is -0.210. The van der Waals surface area contributed by atoms with Gasteiger partial charge in [0.15, 0.2) is 0 Å². The molecular weight excluding hydrogens is 326 g/mol. The van der Waals surface area contributed by atoms with Gasteiger partial charge < -0.3 is 14.8 Å². The fourth-order valence-corrected chi connectivity index (χ4v) is 3.24. The first-order chi connectivity index (χ1) is 11.5. The maximum absolute atomic E-state index is 12.4. The molecule has 1 aromatic carbocycles. The Kier molecular flexibility index (Phi) is 4.90. The minimum Gasteiger partial charge on any atom is -0.368 e. The Labute approximate surface area is 145 Å². The summed E-state index contributed by atoms with van der Waals surface area (Å²) in [5, 5.41) is 3.75. The minimum atomic E-state index is -0.210. The SMILES string of the molecule is Cn1ccc(C(=O)N[C@@H]2CCCN(c3ccccc3Cl)C2)cc1=O. The molecule has 5 nitrogen and oxygen atoms in total. The quantitative estimate of drug-likeness (QED) is 0.929. The number of hydrogen-bond donors (Lipinski definition) is 1. The van der Waals surface area contributed by atoms with Crippen molar-refractivity contribution in [1.82, 2.24) is 9.88 Å². The third-order valence-electron chi connectivity index (χ3n) is 4.32. The predicted molar refractivity (Wildman–Crippen MR) is 95.8 cm³/mol. The molecule has 126 valence electrons. The summed E-state index contributed by atoms with van der Waals surface area (Å²) in [6.07, 6.45) is 3.50. The summed E-state index contributed by atoms with van der Waals surface area (Å²) >= 11 is 6.27. The summed E-state index contributed by atoms with van der Waals surface area (Å²) in [5.41, 5.74) is 1.20. The van der Waals surface area contributed by atoms with E-state index in [-0.39, 0.29) is 17.5 Å². The number of benzene rings is 1. The lowest BCUT2D eigenvalue weighted by Gasteiger charge is -2.35. The normalized spacial score (nSPS) is 17.6. The second-order valence-electron chi connectivity index (χ2n) is 6.07. The van der Waals surface area contributed by atoms with Gasteiger partial charge in [-0.3, -0.25) is 9.59 Å². The summed E-state index contributed by atoms with van der Waals surface area (Å²) in [4.78, 5) is 26.2. The Hall–Kier alpha value is -2.27. The van der Waals surface area contributed by atoms with E-state index in [0.29, 0.717) is 12.1 Å². The molecule has 0 spiro atoms. The summed E-state index contributed by atoms with van der Waals surface area (Å²) in [6, 6.07) is 10.8. The van der Waals surface area contributed by atoms with Crippen LogP contribution in [0.3, 0.4) is 0 Å². The van der Waals surface area contributed by atoms with Crippen LogP contribution < -0.4 is 15.8 Å². The van der Waals surface area contributed by atoms with Gasteiger partial charge in [-0.05, 0) is 31.0 Å². The van der Waals surface area contributed by atoms with Gasteiger partial charge in [0.05, 0.1) is 10.7 Å². The van der Waals surface area contributed by atoms with Gasteiger partial charge >= 0.3 is 0 Å². The molecule has 0 unspecified atom stereocenters. The number of aryl methyl sites for hydroxylation is 1. The number of carbonyl (C=O) groups is 1. The zero-order valence-electron chi connectivity index (χ0n) is 13.5. The van der Waals surface area contributed by atoms with Crippen molar-refractivity contribution in [1.29, 1.82) is 0 Å². The van der Waals surface area contributed by atoms with Crippen molar-refractivity contribution in [3.05, 3.63) is 63.5 Å². The zero-order valence-corrected chi connectivity index (χ0v) is 14.3. The fraction of sp³-hybridized carbons (Fsp3) is 0.333. The van der Waals surface area contributed by atoms with E-state index in [1.165, 1.54) is 10.6 Å². The van der Waals surface area contributed by atoms with Crippen molar-refractivity contribution in [2.75, 3.05) is 18.0 Å². The monoisotopic (exact) mass is 345 g/mol. The van der Waals surface area contributed by atoms with E-state index in [4.69, 9.17) is 11.6 Å². The van der Waals surface area contributed by atoms with Gasteiger partial charge in [-0.15, -0.1) is 0 Å². The zero-order chi connectivity index (χ0) is 17.1. The van der Waals surface area contributed by atoms with Gasteiger partial charge in [0.1, 0.15) is 0 Å². The average molecular weight is 346 g/mol. The average Bonchev–Trinajstić information content (AvgIpc) is 2.58. The van der Waals surface area contributed by atoms with E-state index in [1.807, 2.05) is 24.3 Å². The van der Waals surface area contributed by atoms with Crippen molar-refractivity contribution < 1.29 is 4.79 Å². The number of nitrogens with one attached hydrogen (secondary N) is 1. The largest absolute Gasteiger partial charge is 0.368 e. The number of carbonyl (C=O) groups excluding carboxylic acids is 1. The van der Waals surface area contributed by atoms with Crippen LogP contribution in [0.15, 0.2) is 47.4 Å². The molecule has 24 heavy (non-hydrogen) atoms. The Bertz CT molecular complexity index is 803. The van der Waals surface area contributed by atoms with Crippen LogP contribution in [0, 0.1) is 0 Å². The first-order valence-electron chi connectivity index (χ1n) is 8.01. The van der Waals surface area contributed by atoms with Gasteiger partial charge in [0.2, 0.25) is 0 Å². The number of hydrogen-bond acceptors (Lipinski definition) is 3. The first-order valence-corrected chi connectivity index (χ1v) is 8.39. The van der Waals surface area contributed by atoms with Crippen LogP contribution in [-0.4, -0.2) is 29.6 Å². The molecule has 2 heterocycles. The van der Waals surface area contributed by atoms with Crippen molar-refractivity contribution in [3.8, 4) is 0 Å². The van der Waals surface area contributed by atoms with Crippen LogP contribution >= 0.6 is 11.6 Å². The van der Waals surface area contributed by atoms with Crippen LogP contribution in [0.25, 0.3) is 0 Å². The maximum atomic E-state index is 12.4. The lowest BCUT2D eigenvalue weighted by atomic mass is 10.0. The molecule has 6 heteroatoms. The highest BCUT2D eigenvalue weighted by molar-refractivity contribution is 6.33. The Balaban J connectivity index is 1.69. The van der Waals surface area contributed by atoms with E-state index in [2.05, 4.69) is 10.2 Å². The van der Waals surface area contributed by atoms with Gasteiger partial charge in [-0.2, -0.15) is 0 Å². The summed E-state index contributed by atoms with van der Waals surface area (Å²) < 4.78 is 1.44. The van der Waals surface area contributed by atoms with Gasteiger partial charge in [-0.1, -0.05) is 23.7 Å². The van der Waals surface area contributed by atoms with Crippen molar-refractivity contribution in [3.63, 3.8) is 0 Å². The molecule has 0 radical (unpaired) electrons. The minimum absolute atomic E-state index is 0.0339. The van der Waals surface area contributed by atoms with Crippen LogP contribution in [0.4, 0.5) is 5.69 Å². The standard InChI is InChI=1S/C18H20ClN3O2/c1-21-10-8-13(11-17(21)23)18(24)20-14-5-4-9-22(12-14)16-7-3-2-6-15(16)19/h2-3,6-8,10-11,14H,4-5,9,12H2,1H3,(H,20,24)/t14-/m1/s1. The number of aromatic nitrogens is 1. The smallest absolute Gasteiger partial charge is 0.251 e. The molecule has 1 aromatic heterocycles. The predicted octanol–water partition coefficient (Wildman–Crippen LogP) is 2.44. The molecule has 1 aliphatic heterocycles. The molecule has 1 N–H and O–H groups in total. The second kappa shape index (κ2) is 7.09. The van der Waals surface area contributed by atoms with Crippen LogP contribution in [0.1, 0.15) is 23.2 Å². The Morgan fingerprint density at radius 1 is 1.29 bits per heavy atom. The van der Waals surface area contributed by atoms with Gasteiger partial charge in [0, 0.05) is 44.0 Å². The molecule has 1 fully saturated rings. The van der Waals surface area contributed by atoms with Crippen LogP contribution in [-0.2, 0) is 7.05 Å². The highest BCUT2D eigenvalue weighted by atomic mass is 35.5. The lowest BCUT2D eigenvalue weighted by Crippen LogP contribution is -2.48. The summed E-state index contributed by atoms with van der Waals surface area (Å²) in [7, 11) is 1.66.